The summed E-state index contributed by atoms with van der Waals surface area (Å²) in [4.78, 5) is 41.9. The predicted molar refractivity (Wildman–Crippen MR) is 127 cm³/mol. The Labute approximate surface area is 197 Å². The number of amides is 4. The van der Waals surface area contributed by atoms with Crippen LogP contribution in [0.4, 0.5) is 10.5 Å². The minimum atomic E-state index is -1.17. The van der Waals surface area contributed by atoms with E-state index in [1.165, 1.54) is 0 Å². The fourth-order valence-corrected chi connectivity index (χ4v) is 4.61. The van der Waals surface area contributed by atoms with E-state index in [1.54, 1.807) is 24.0 Å². The Bertz CT molecular complexity index is 1300. The van der Waals surface area contributed by atoms with E-state index in [0.29, 0.717) is 18.0 Å². The Kier molecular flexibility index (Phi) is 5.36. The maximum atomic E-state index is 13.3. The Morgan fingerprint density at radius 1 is 1.06 bits per heavy atom. The smallest absolute Gasteiger partial charge is 0.325 e. The van der Waals surface area contributed by atoms with Crippen molar-refractivity contribution >= 4 is 34.3 Å². The molecule has 4 amide bonds. The van der Waals surface area contributed by atoms with E-state index in [0.717, 1.165) is 26.9 Å². The van der Waals surface area contributed by atoms with E-state index in [-0.39, 0.29) is 25.7 Å². The van der Waals surface area contributed by atoms with Crippen LogP contribution in [0.3, 0.4) is 0 Å². The highest BCUT2D eigenvalue weighted by Crippen LogP contribution is 2.34. The number of nitrogens with zero attached hydrogens (tertiary/aromatic N) is 2. The monoisotopic (exact) mass is 459 g/mol. The fraction of sp³-hybridized carbons (Fsp3) is 0.269. The second kappa shape index (κ2) is 8.37. The number of hydrogen-bond acceptors (Lipinski definition) is 5. The number of likely N-dealkylation sites (N-methyl/N-ethyl adjacent to an activating group) is 1. The highest BCUT2D eigenvalue weighted by atomic mass is 16.7. The lowest BCUT2D eigenvalue weighted by Gasteiger charge is -2.25. The molecule has 0 spiro atoms. The van der Waals surface area contributed by atoms with Crippen molar-refractivity contribution < 1.29 is 23.9 Å². The van der Waals surface area contributed by atoms with Crippen LogP contribution in [0.5, 0.6) is 11.5 Å². The van der Waals surface area contributed by atoms with Crippen molar-refractivity contribution in [3.8, 4) is 11.5 Å². The number of imide groups is 1. The van der Waals surface area contributed by atoms with Crippen molar-refractivity contribution in [1.29, 1.82) is 0 Å². The van der Waals surface area contributed by atoms with E-state index in [2.05, 4.69) is 5.32 Å². The summed E-state index contributed by atoms with van der Waals surface area (Å²) in [5.41, 5.74) is 0.405. The van der Waals surface area contributed by atoms with E-state index >= 15 is 0 Å². The molecule has 0 aromatic heterocycles. The molecule has 8 heteroatoms. The number of rotatable bonds is 6. The number of nitrogens with one attached hydrogen (secondary N) is 1. The zero-order chi connectivity index (χ0) is 23.9. The maximum absolute atomic E-state index is 13.3. The Hall–Kier alpha value is -4.07. The summed E-state index contributed by atoms with van der Waals surface area (Å²) in [5, 5.41) is 4.72. The van der Waals surface area contributed by atoms with Crippen LogP contribution in [0.1, 0.15) is 19.4 Å². The van der Waals surface area contributed by atoms with Crippen molar-refractivity contribution in [1.82, 2.24) is 10.2 Å². The summed E-state index contributed by atoms with van der Waals surface area (Å²) >= 11 is 0. The second-order valence-electron chi connectivity index (χ2n) is 8.65. The molecule has 0 saturated carbocycles. The Morgan fingerprint density at radius 2 is 1.82 bits per heavy atom. The summed E-state index contributed by atoms with van der Waals surface area (Å²) in [6, 6.07) is 18.4. The molecule has 8 nitrogen and oxygen atoms in total. The maximum Gasteiger partial charge on any atom is 0.325 e. The van der Waals surface area contributed by atoms with Gasteiger partial charge in [-0.05, 0) is 43.0 Å². The van der Waals surface area contributed by atoms with Gasteiger partial charge in [0.2, 0.25) is 12.7 Å². The van der Waals surface area contributed by atoms with Crippen molar-refractivity contribution in [2.45, 2.75) is 25.8 Å². The van der Waals surface area contributed by atoms with Crippen molar-refractivity contribution in [3.05, 3.63) is 66.2 Å². The number of carbonyl (C=O) groups is 3. The number of carbonyl (C=O) groups excluding carboxylic acids is 3. The van der Waals surface area contributed by atoms with Gasteiger partial charge >= 0.3 is 6.03 Å². The van der Waals surface area contributed by atoms with E-state index in [4.69, 9.17) is 9.47 Å². The molecular weight excluding hydrogens is 434 g/mol. The number of anilines is 1. The van der Waals surface area contributed by atoms with Crippen LogP contribution in [0.2, 0.25) is 0 Å². The van der Waals surface area contributed by atoms with Gasteiger partial charge in [0.1, 0.15) is 12.1 Å². The normalized spacial score (nSPS) is 18.9. The Balaban J connectivity index is 1.35. The number of fused-ring (bicyclic) bond motifs is 2. The van der Waals surface area contributed by atoms with Crippen molar-refractivity contribution in [3.63, 3.8) is 0 Å². The van der Waals surface area contributed by atoms with E-state index in [9.17, 15) is 14.4 Å². The van der Waals surface area contributed by atoms with Crippen LogP contribution in [0.25, 0.3) is 10.8 Å². The summed E-state index contributed by atoms with van der Waals surface area (Å²) in [6.07, 6.45) is 0.264. The molecule has 1 fully saturated rings. The van der Waals surface area contributed by atoms with Gasteiger partial charge < -0.3 is 19.7 Å². The lowest BCUT2D eigenvalue weighted by atomic mass is 9.92. The quantitative estimate of drug-likeness (QED) is 0.571. The molecular formula is C26H25N3O5. The highest BCUT2D eigenvalue weighted by Gasteiger charge is 2.48. The van der Waals surface area contributed by atoms with Gasteiger partial charge in [-0.15, -0.1) is 0 Å². The van der Waals surface area contributed by atoms with Crippen LogP contribution in [0.15, 0.2) is 60.7 Å². The lowest BCUT2D eigenvalue weighted by molar-refractivity contribution is -0.133. The van der Waals surface area contributed by atoms with Crippen LogP contribution in [0, 0.1) is 0 Å². The van der Waals surface area contributed by atoms with Gasteiger partial charge in [0.25, 0.3) is 5.91 Å². The molecule has 34 heavy (non-hydrogen) atoms. The van der Waals surface area contributed by atoms with Crippen LogP contribution < -0.4 is 19.7 Å². The average molecular weight is 460 g/mol. The molecule has 3 aromatic carbocycles. The zero-order valence-electron chi connectivity index (χ0n) is 19.0. The van der Waals surface area contributed by atoms with Gasteiger partial charge in [0, 0.05) is 18.4 Å². The zero-order valence-corrected chi connectivity index (χ0v) is 19.0. The van der Waals surface area contributed by atoms with Crippen LogP contribution in [-0.4, -0.2) is 48.2 Å². The first kappa shape index (κ1) is 21.8. The Morgan fingerprint density at radius 3 is 2.65 bits per heavy atom. The SMILES string of the molecule is CCN(C(=O)CN1C(=O)NC(C)(Cc2ccc3c(c2)OCO3)C1=O)c1cccc2ccccc12. The third-order valence-electron chi connectivity index (χ3n) is 6.31. The van der Waals surface area contributed by atoms with E-state index in [1.807, 2.05) is 55.5 Å². The number of urea groups is 1. The second-order valence-corrected chi connectivity index (χ2v) is 8.65. The van der Waals surface area contributed by atoms with Gasteiger partial charge in [0.15, 0.2) is 11.5 Å². The van der Waals surface area contributed by atoms with Crippen LogP contribution in [-0.2, 0) is 16.0 Å². The minimum absolute atomic E-state index is 0.159. The third kappa shape index (κ3) is 3.71. The lowest BCUT2D eigenvalue weighted by Crippen LogP contribution is -2.47. The highest BCUT2D eigenvalue weighted by molar-refractivity contribution is 6.11. The van der Waals surface area contributed by atoms with Crippen molar-refractivity contribution in [2.75, 3.05) is 24.8 Å². The summed E-state index contributed by atoms with van der Waals surface area (Å²) in [5.74, 6) is 0.502. The average Bonchev–Trinajstić information content (AvgIpc) is 3.37. The molecule has 5 rings (SSSR count). The molecule has 0 aliphatic carbocycles. The predicted octanol–water partition coefficient (Wildman–Crippen LogP) is 3.47. The molecule has 1 unspecified atom stereocenters. The fourth-order valence-electron chi connectivity index (χ4n) is 4.61. The van der Waals surface area contributed by atoms with Gasteiger partial charge in [-0.2, -0.15) is 0 Å². The summed E-state index contributed by atoms with van der Waals surface area (Å²) in [6.45, 7) is 3.77. The first-order valence-corrected chi connectivity index (χ1v) is 11.2. The number of hydrogen-bond donors (Lipinski definition) is 1. The standard InChI is InChI=1S/C26H25N3O5/c1-3-28(20-10-6-8-18-7-4-5-9-19(18)20)23(30)15-29-24(31)26(2,27-25(29)32)14-17-11-12-21-22(13-17)34-16-33-21/h4-13H,3,14-16H2,1-2H3,(H,27,32). The van der Waals surface area contributed by atoms with Crippen molar-refractivity contribution in [2.24, 2.45) is 0 Å². The molecule has 1 atom stereocenters. The molecule has 2 heterocycles. The number of ether oxygens (including phenoxy) is 2. The van der Waals surface area contributed by atoms with Gasteiger partial charge in [0.05, 0.1) is 5.69 Å². The molecule has 1 N–H and O–H groups in total. The molecule has 3 aromatic rings. The van der Waals surface area contributed by atoms with Gasteiger partial charge in [-0.25, -0.2) is 4.79 Å². The molecule has 2 aliphatic heterocycles. The largest absolute Gasteiger partial charge is 0.454 e. The summed E-state index contributed by atoms with van der Waals surface area (Å²) < 4.78 is 10.7. The molecule has 0 radical (unpaired) electrons. The van der Waals surface area contributed by atoms with Crippen LogP contribution >= 0.6 is 0 Å². The molecule has 2 aliphatic rings. The molecule has 1 saturated heterocycles. The van der Waals surface area contributed by atoms with E-state index < -0.39 is 17.5 Å². The minimum Gasteiger partial charge on any atom is -0.454 e. The van der Waals surface area contributed by atoms with Gasteiger partial charge in [-0.3, -0.25) is 14.5 Å². The third-order valence-corrected chi connectivity index (χ3v) is 6.31. The molecule has 0 bridgehead atoms. The first-order valence-electron chi connectivity index (χ1n) is 11.2. The summed E-state index contributed by atoms with van der Waals surface area (Å²) in [7, 11) is 0. The molecule has 174 valence electrons. The van der Waals surface area contributed by atoms with Gasteiger partial charge in [-0.1, -0.05) is 42.5 Å². The number of benzene rings is 3. The topological polar surface area (TPSA) is 88.2 Å². The first-order chi connectivity index (χ1) is 16.4.